The highest BCUT2D eigenvalue weighted by Crippen LogP contribution is 2.44. The van der Waals surface area contributed by atoms with E-state index < -0.39 is 16.6 Å². The molecule has 0 saturated heterocycles. The number of hydrogen-bond acceptors (Lipinski definition) is 2. The minimum Gasteiger partial charge on any atom is -0.455 e. The van der Waals surface area contributed by atoms with Crippen molar-refractivity contribution in [2.75, 3.05) is 6.61 Å². The van der Waals surface area contributed by atoms with Gasteiger partial charge in [-0.1, -0.05) is 48.1 Å². The number of aliphatic hydroxyl groups is 1. The van der Waals surface area contributed by atoms with Gasteiger partial charge in [-0.3, -0.25) is 0 Å². The molecule has 0 rings (SSSR count). The van der Waals surface area contributed by atoms with Crippen LogP contribution in [0.4, 0.5) is 0 Å². The summed E-state index contributed by atoms with van der Waals surface area (Å²) in [6.45, 7) is 27.1. The zero-order valence-corrected chi connectivity index (χ0v) is 20.0. The molecule has 0 amide bonds. The molecule has 0 fully saturated rings. The summed E-state index contributed by atoms with van der Waals surface area (Å²) in [6, 6.07) is 0. The van der Waals surface area contributed by atoms with E-state index in [1.807, 2.05) is 0 Å². The second-order valence-electron chi connectivity index (χ2n) is 8.61. The maximum atomic E-state index is 8.17. The van der Waals surface area contributed by atoms with Gasteiger partial charge in [-0.15, -0.1) is 0 Å². The highest BCUT2D eigenvalue weighted by molar-refractivity contribution is 14.1. The van der Waals surface area contributed by atoms with Gasteiger partial charge in [-0.2, -0.15) is 0 Å². The standard InChI is InChI=1S/C12H30OSi2.C4H7IO/c1-11(2,3)14(7,8)13-15(9,10)12(4,5)6;1-4(5)2-3-6/h1-10H3;6H,1-3H2. The van der Waals surface area contributed by atoms with Crippen LogP contribution < -0.4 is 0 Å². The fourth-order valence-corrected chi connectivity index (χ4v) is 8.86. The van der Waals surface area contributed by atoms with Crippen molar-refractivity contribution in [3.8, 4) is 0 Å². The highest BCUT2D eigenvalue weighted by Gasteiger charge is 2.46. The number of rotatable bonds is 4. The van der Waals surface area contributed by atoms with Crippen LogP contribution in [0, 0.1) is 0 Å². The van der Waals surface area contributed by atoms with E-state index in [2.05, 4.69) is 96.9 Å². The average molecular weight is 445 g/mol. The number of aliphatic hydroxyl groups excluding tert-OH is 1. The largest absolute Gasteiger partial charge is 0.455 e. The number of hydrogen-bond donors (Lipinski definition) is 1. The van der Waals surface area contributed by atoms with Crippen LogP contribution >= 0.6 is 22.6 Å². The van der Waals surface area contributed by atoms with Crippen molar-refractivity contribution in [1.82, 2.24) is 0 Å². The zero-order valence-electron chi connectivity index (χ0n) is 15.9. The Morgan fingerprint density at radius 1 is 0.952 bits per heavy atom. The summed E-state index contributed by atoms with van der Waals surface area (Å²) in [6.07, 6.45) is 0.723. The summed E-state index contributed by atoms with van der Waals surface area (Å²) in [4.78, 5) is 0. The molecular formula is C16H37IO2Si2. The minimum atomic E-state index is -1.59. The molecule has 0 saturated carbocycles. The smallest absolute Gasteiger partial charge is 0.178 e. The van der Waals surface area contributed by atoms with E-state index in [4.69, 9.17) is 9.22 Å². The van der Waals surface area contributed by atoms with Gasteiger partial charge in [0.15, 0.2) is 16.6 Å². The fraction of sp³-hybridized carbons (Fsp3) is 0.875. The molecule has 0 aromatic carbocycles. The quantitative estimate of drug-likeness (QED) is 0.406. The first-order valence-electron chi connectivity index (χ1n) is 7.62. The Morgan fingerprint density at radius 2 is 1.24 bits per heavy atom. The van der Waals surface area contributed by atoms with Crippen molar-refractivity contribution >= 4 is 39.2 Å². The Bertz CT molecular complexity index is 302. The van der Waals surface area contributed by atoms with E-state index in [0.717, 1.165) is 10.0 Å². The van der Waals surface area contributed by atoms with Gasteiger partial charge >= 0.3 is 0 Å². The van der Waals surface area contributed by atoms with Gasteiger partial charge in [0.2, 0.25) is 0 Å². The predicted molar refractivity (Wildman–Crippen MR) is 110 cm³/mol. The van der Waals surface area contributed by atoms with Crippen molar-refractivity contribution in [3.63, 3.8) is 0 Å². The molecule has 0 aliphatic carbocycles. The Labute approximate surface area is 149 Å². The van der Waals surface area contributed by atoms with Crippen molar-refractivity contribution in [2.24, 2.45) is 0 Å². The van der Waals surface area contributed by atoms with Crippen molar-refractivity contribution in [1.29, 1.82) is 0 Å². The molecule has 1 N–H and O–H groups in total. The van der Waals surface area contributed by atoms with Gasteiger partial charge in [-0.25, -0.2) is 0 Å². The summed E-state index contributed by atoms with van der Waals surface area (Å²) in [5, 5.41) is 8.81. The Kier molecular flexibility index (Phi) is 9.88. The zero-order chi connectivity index (χ0) is 17.7. The van der Waals surface area contributed by atoms with E-state index in [0.29, 0.717) is 10.1 Å². The molecule has 0 radical (unpaired) electrons. The van der Waals surface area contributed by atoms with Gasteiger partial charge in [0.1, 0.15) is 0 Å². The highest BCUT2D eigenvalue weighted by atomic mass is 127. The topological polar surface area (TPSA) is 29.5 Å². The molecule has 0 aromatic heterocycles. The van der Waals surface area contributed by atoms with Gasteiger partial charge in [0, 0.05) is 13.0 Å². The second-order valence-corrected chi connectivity index (χ2v) is 20.0. The molecule has 0 heterocycles. The lowest BCUT2D eigenvalue weighted by Crippen LogP contribution is -2.53. The van der Waals surface area contributed by atoms with Crippen LogP contribution in [0.25, 0.3) is 0 Å². The van der Waals surface area contributed by atoms with Gasteiger partial charge in [0.25, 0.3) is 0 Å². The van der Waals surface area contributed by atoms with Gasteiger partial charge in [0.05, 0.1) is 0 Å². The van der Waals surface area contributed by atoms with Crippen LogP contribution in [0.3, 0.4) is 0 Å². The summed E-state index contributed by atoms with van der Waals surface area (Å²) in [5.74, 6) is 0. The lowest BCUT2D eigenvalue weighted by Gasteiger charge is -2.47. The van der Waals surface area contributed by atoms with E-state index in [1.165, 1.54) is 0 Å². The first kappa shape index (κ1) is 24.1. The summed E-state index contributed by atoms with van der Waals surface area (Å²) in [5.41, 5.74) is 0. The van der Waals surface area contributed by atoms with Crippen LogP contribution in [-0.4, -0.2) is 28.3 Å². The average Bonchev–Trinajstić information content (AvgIpc) is 2.12. The summed E-state index contributed by atoms with van der Waals surface area (Å²) >= 11 is 2.09. The molecule has 0 aliphatic heterocycles. The van der Waals surface area contributed by atoms with Crippen molar-refractivity contribution in [3.05, 3.63) is 10.2 Å². The van der Waals surface area contributed by atoms with E-state index in [-0.39, 0.29) is 6.61 Å². The van der Waals surface area contributed by atoms with E-state index >= 15 is 0 Å². The molecule has 128 valence electrons. The minimum absolute atomic E-state index is 0.224. The van der Waals surface area contributed by atoms with Crippen molar-refractivity contribution < 1.29 is 9.22 Å². The molecule has 0 unspecified atom stereocenters. The molecule has 0 atom stereocenters. The molecule has 5 heteroatoms. The third kappa shape index (κ3) is 9.53. The normalized spacial score (nSPS) is 13.5. The Morgan fingerprint density at radius 3 is 1.33 bits per heavy atom. The van der Waals surface area contributed by atoms with Crippen molar-refractivity contribution in [2.45, 2.75) is 84.2 Å². The molecule has 21 heavy (non-hydrogen) atoms. The predicted octanol–water partition coefficient (Wildman–Crippen LogP) is 6.33. The fourth-order valence-electron chi connectivity index (χ4n) is 1.07. The third-order valence-electron chi connectivity index (χ3n) is 4.51. The summed E-state index contributed by atoms with van der Waals surface area (Å²) < 4.78 is 7.64. The van der Waals surface area contributed by atoms with Crippen LogP contribution in [-0.2, 0) is 4.12 Å². The van der Waals surface area contributed by atoms with E-state index in [9.17, 15) is 0 Å². The molecule has 0 bridgehead atoms. The lowest BCUT2D eigenvalue weighted by atomic mass is 10.2. The molecule has 0 spiro atoms. The van der Waals surface area contributed by atoms with Crippen LogP contribution in [0.15, 0.2) is 10.2 Å². The molecule has 0 aromatic rings. The second kappa shape index (κ2) is 8.61. The molecule has 2 nitrogen and oxygen atoms in total. The van der Waals surface area contributed by atoms with Crippen LogP contribution in [0.2, 0.25) is 36.3 Å². The van der Waals surface area contributed by atoms with Gasteiger partial charge < -0.3 is 9.22 Å². The monoisotopic (exact) mass is 444 g/mol. The van der Waals surface area contributed by atoms with E-state index in [1.54, 1.807) is 0 Å². The Balaban J connectivity index is 0. The maximum Gasteiger partial charge on any atom is 0.178 e. The summed E-state index contributed by atoms with van der Waals surface area (Å²) in [7, 11) is -3.18. The SMILES string of the molecule is C=C(I)CCO.CC(C)(C)[Si](C)(C)O[Si](C)(C)C(C)(C)C. The first-order valence-corrected chi connectivity index (χ1v) is 14.5. The lowest BCUT2D eigenvalue weighted by molar-refractivity contribution is 0.302. The van der Waals surface area contributed by atoms with Crippen LogP contribution in [0.5, 0.6) is 0 Å². The third-order valence-corrected chi connectivity index (χ3v) is 16.4. The molecule has 0 aliphatic rings. The van der Waals surface area contributed by atoms with Crippen LogP contribution in [0.1, 0.15) is 48.0 Å². The first-order chi connectivity index (χ1) is 8.98. The molecular weight excluding hydrogens is 407 g/mol. The number of halogens is 1. The maximum absolute atomic E-state index is 8.17. The Hall–Kier alpha value is 0.824. The van der Waals surface area contributed by atoms with Gasteiger partial charge in [-0.05, 0) is 62.4 Å².